The molecule has 4 aliphatic rings. The van der Waals surface area contributed by atoms with Crippen LogP contribution in [-0.2, 0) is 4.74 Å². The maximum absolute atomic E-state index is 14.4. The fraction of sp³-hybridized carbons (Fsp3) is 0.929. The summed E-state index contributed by atoms with van der Waals surface area (Å²) in [7, 11) is 0. The third-order valence-corrected chi connectivity index (χ3v) is 9.75. The Hall–Kier alpha value is -0.440. The van der Waals surface area contributed by atoms with Crippen molar-refractivity contribution < 1.29 is 13.5 Å². The highest BCUT2D eigenvalue weighted by Crippen LogP contribution is 2.55. The van der Waals surface area contributed by atoms with E-state index in [-0.39, 0.29) is 12.0 Å². The van der Waals surface area contributed by atoms with E-state index < -0.39 is 12.0 Å². The first-order valence-electron chi connectivity index (χ1n) is 13.7. The molecule has 3 saturated carbocycles. The molecule has 2 atom stereocenters. The molecular formula is C28H46F2O. The van der Waals surface area contributed by atoms with E-state index in [0.717, 1.165) is 56.3 Å². The Morgan fingerprint density at radius 3 is 1.87 bits per heavy atom. The van der Waals surface area contributed by atoms with Gasteiger partial charge < -0.3 is 4.74 Å². The Labute approximate surface area is 189 Å². The van der Waals surface area contributed by atoms with E-state index in [1.165, 1.54) is 64.2 Å². The van der Waals surface area contributed by atoms with Gasteiger partial charge in [0.2, 0.25) is 0 Å². The summed E-state index contributed by atoms with van der Waals surface area (Å²) in [6.07, 6.45) is 18.8. The van der Waals surface area contributed by atoms with Gasteiger partial charge in [-0.3, -0.25) is 0 Å². The number of hydrogen-bond donors (Lipinski definition) is 0. The average Bonchev–Trinajstić information content (AvgIpc) is 2.79. The molecule has 0 amide bonds. The second-order valence-corrected chi connectivity index (χ2v) is 11.5. The van der Waals surface area contributed by atoms with Gasteiger partial charge in [-0.25, -0.2) is 0 Å². The molecule has 0 aromatic rings. The number of ether oxygens (including phenoxy) is 1. The molecule has 1 nitrogen and oxygen atoms in total. The number of allylic oxidation sites excluding steroid dienone is 1. The summed E-state index contributed by atoms with van der Waals surface area (Å²) in [5, 5.41) is 0. The van der Waals surface area contributed by atoms with E-state index in [0.29, 0.717) is 11.8 Å². The molecule has 4 fully saturated rings. The molecule has 31 heavy (non-hydrogen) atoms. The quantitative estimate of drug-likeness (QED) is 0.273. The van der Waals surface area contributed by atoms with Crippen LogP contribution in [0.4, 0.5) is 8.78 Å². The average molecular weight is 437 g/mol. The van der Waals surface area contributed by atoms with Gasteiger partial charge in [0, 0.05) is 0 Å². The van der Waals surface area contributed by atoms with Crippen molar-refractivity contribution >= 4 is 0 Å². The first-order chi connectivity index (χ1) is 15.0. The van der Waals surface area contributed by atoms with E-state index in [4.69, 9.17) is 4.74 Å². The first kappa shape index (κ1) is 23.7. The lowest BCUT2D eigenvalue weighted by atomic mass is 9.64. The minimum Gasteiger partial charge on any atom is -0.316 e. The minimum absolute atomic E-state index is 0.144. The highest BCUT2D eigenvalue weighted by molar-refractivity contribution is 4.99. The second kappa shape index (κ2) is 10.7. The van der Waals surface area contributed by atoms with Gasteiger partial charge in [-0.05, 0) is 99.7 Å². The van der Waals surface area contributed by atoms with Crippen LogP contribution in [-0.4, -0.2) is 12.2 Å². The number of halogens is 2. The number of hydrogen-bond acceptors (Lipinski definition) is 1. The van der Waals surface area contributed by atoms with Gasteiger partial charge in [0.05, 0.1) is 12.0 Å². The molecular weight excluding hydrogens is 390 g/mol. The highest BCUT2D eigenvalue weighted by Gasteiger charge is 2.62. The molecule has 3 heteroatoms. The molecule has 0 aromatic heterocycles. The van der Waals surface area contributed by atoms with Crippen molar-refractivity contribution in [1.29, 1.82) is 0 Å². The van der Waals surface area contributed by atoms with Crippen molar-refractivity contribution in [3.63, 3.8) is 0 Å². The molecule has 0 spiro atoms. The zero-order valence-corrected chi connectivity index (χ0v) is 19.9. The SMILES string of the molecule is C=C[C@H]1CC[C@H]([C@H]2[C@H]([C@H]3CC[C@H](C4CCC(CCCCC)CC4)CC3)OC2(F)F)CC1. The molecule has 178 valence electrons. The smallest absolute Gasteiger partial charge is 0.316 e. The van der Waals surface area contributed by atoms with Crippen LogP contribution in [0.25, 0.3) is 0 Å². The summed E-state index contributed by atoms with van der Waals surface area (Å²) in [6, 6.07) is 0. The summed E-state index contributed by atoms with van der Waals surface area (Å²) in [4.78, 5) is 0. The number of unbranched alkanes of at least 4 members (excludes halogenated alkanes) is 2. The van der Waals surface area contributed by atoms with Gasteiger partial charge in [0.15, 0.2) is 0 Å². The lowest BCUT2D eigenvalue weighted by Crippen LogP contribution is -2.61. The highest BCUT2D eigenvalue weighted by atomic mass is 19.3. The molecule has 0 aromatic carbocycles. The van der Waals surface area contributed by atoms with Crippen LogP contribution in [0.5, 0.6) is 0 Å². The van der Waals surface area contributed by atoms with Crippen molar-refractivity contribution in [2.24, 2.45) is 41.4 Å². The Bertz CT molecular complexity index is 551. The van der Waals surface area contributed by atoms with E-state index >= 15 is 0 Å². The number of alkyl halides is 2. The van der Waals surface area contributed by atoms with Gasteiger partial charge >= 0.3 is 6.11 Å². The van der Waals surface area contributed by atoms with Crippen LogP contribution in [0.3, 0.4) is 0 Å². The van der Waals surface area contributed by atoms with Crippen molar-refractivity contribution in [2.45, 2.75) is 122 Å². The van der Waals surface area contributed by atoms with Crippen molar-refractivity contribution in [3.8, 4) is 0 Å². The fourth-order valence-corrected chi connectivity index (χ4v) is 7.70. The van der Waals surface area contributed by atoms with E-state index in [1.807, 2.05) is 6.08 Å². The van der Waals surface area contributed by atoms with Gasteiger partial charge in [-0.2, -0.15) is 8.78 Å². The number of rotatable bonds is 8. The summed E-state index contributed by atoms with van der Waals surface area (Å²) < 4.78 is 34.2. The van der Waals surface area contributed by atoms with Gasteiger partial charge in [0.25, 0.3) is 0 Å². The lowest BCUT2D eigenvalue weighted by Gasteiger charge is -2.53. The Balaban J connectivity index is 1.22. The normalized spacial score (nSPS) is 43.2. The van der Waals surface area contributed by atoms with E-state index in [9.17, 15) is 8.78 Å². The lowest BCUT2D eigenvalue weighted by molar-refractivity contribution is -0.418. The van der Waals surface area contributed by atoms with Gasteiger partial charge in [-0.15, -0.1) is 6.58 Å². The molecule has 1 saturated heterocycles. The molecule has 1 heterocycles. The molecule has 4 rings (SSSR count). The van der Waals surface area contributed by atoms with Gasteiger partial charge in [0.1, 0.15) is 0 Å². The zero-order valence-electron chi connectivity index (χ0n) is 19.9. The largest absolute Gasteiger partial charge is 0.361 e. The third-order valence-electron chi connectivity index (χ3n) is 9.75. The Kier molecular flexibility index (Phi) is 8.15. The zero-order chi connectivity index (χ0) is 21.8. The topological polar surface area (TPSA) is 9.23 Å². The van der Waals surface area contributed by atoms with Crippen LogP contribution in [0, 0.1) is 41.4 Å². The predicted molar refractivity (Wildman–Crippen MR) is 124 cm³/mol. The summed E-state index contributed by atoms with van der Waals surface area (Å²) in [6.45, 7) is 6.19. The van der Waals surface area contributed by atoms with E-state index in [2.05, 4.69) is 13.5 Å². The first-order valence-corrected chi connectivity index (χ1v) is 13.7. The van der Waals surface area contributed by atoms with Crippen molar-refractivity contribution in [1.82, 2.24) is 0 Å². The van der Waals surface area contributed by atoms with Crippen LogP contribution < -0.4 is 0 Å². The van der Waals surface area contributed by atoms with Crippen LogP contribution in [0.1, 0.15) is 110 Å². The van der Waals surface area contributed by atoms with Crippen LogP contribution in [0.15, 0.2) is 12.7 Å². The molecule has 1 aliphatic heterocycles. The van der Waals surface area contributed by atoms with Crippen LogP contribution in [0.2, 0.25) is 0 Å². The monoisotopic (exact) mass is 436 g/mol. The Morgan fingerprint density at radius 1 is 0.774 bits per heavy atom. The Morgan fingerprint density at radius 2 is 1.32 bits per heavy atom. The molecule has 3 aliphatic carbocycles. The van der Waals surface area contributed by atoms with E-state index in [1.54, 1.807) is 0 Å². The standard InChI is InChI=1S/C28H46F2O/c1-3-5-6-7-21-10-12-22(13-11-21)23-16-18-25(19-17-23)27-26(28(29,30)31-27)24-14-8-20(4-2)9-15-24/h4,20-27H,2-3,5-19H2,1H3/t20-,21?,22?,23-,24-,25-,26-,27-/m0/s1. The van der Waals surface area contributed by atoms with Crippen molar-refractivity contribution in [2.75, 3.05) is 0 Å². The minimum atomic E-state index is -2.89. The second-order valence-electron chi connectivity index (χ2n) is 11.5. The van der Waals surface area contributed by atoms with Gasteiger partial charge in [-0.1, -0.05) is 51.5 Å². The summed E-state index contributed by atoms with van der Waals surface area (Å²) in [5.74, 6) is 3.22. The maximum Gasteiger partial charge on any atom is 0.361 e. The summed E-state index contributed by atoms with van der Waals surface area (Å²) in [5.41, 5.74) is 0. The maximum atomic E-state index is 14.4. The molecule has 0 bridgehead atoms. The van der Waals surface area contributed by atoms with Crippen LogP contribution >= 0.6 is 0 Å². The fourth-order valence-electron chi connectivity index (χ4n) is 7.70. The predicted octanol–water partition coefficient (Wildman–Crippen LogP) is 8.78. The third kappa shape index (κ3) is 5.56. The van der Waals surface area contributed by atoms with Crippen molar-refractivity contribution in [3.05, 3.63) is 12.7 Å². The molecule has 0 radical (unpaired) electrons. The molecule has 0 unspecified atom stereocenters. The summed E-state index contributed by atoms with van der Waals surface area (Å²) >= 11 is 0. The molecule has 0 N–H and O–H groups in total.